The maximum Gasteiger partial charge on any atom is 0.108 e. The molecular weight excluding hydrogens is 262 g/mol. The first-order chi connectivity index (χ1) is 10.2. The van der Waals surface area contributed by atoms with Crippen LogP contribution >= 0.6 is 0 Å². The van der Waals surface area contributed by atoms with Crippen molar-refractivity contribution in [3.63, 3.8) is 0 Å². The molecule has 1 atom stereocenters. The lowest BCUT2D eigenvalue weighted by atomic mass is 10.1. The van der Waals surface area contributed by atoms with Crippen molar-refractivity contribution in [2.75, 3.05) is 6.54 Å². The molecular formula is C16H25N5. The Hall–Kier alpha value is -1.62. The number of nitrogens with zero attached hydrogens (tertiary/aromatic N) is 4. The molecule has 0 spiro atoms. The largest absolute Gasteiger partial charge is 0.333 e. The second kappa shape index (κ2) is 6.02. The quantitative estimate of drug-likeness (QED) is 0.809. The van der Waals surface area contributed by atoms with Crippen LogP contribution < -0.4 is 5.32 Å². The Morgan fingerprint density at radius 3 is 2.86 bits per heavy atom. The van der Waals surface area contributed by atoms with Crippen LogP contribution in [0.25, 0.3) is 0 Å². The van der Waals surface area contributed by atoms with E-state index in [-0.39, 0.29) is 0 Å². The molecule has 0 amide bonds. The highest BCUT2D eigenvalue weighted by Gasteiger charge is 2.42. The molecule has 1 saturated carbocycles. The summed E-state index contributed by atoms with van der Waals surface area (Å²) in [4.78, 5) is 4.38. The molecule has 2 heterocycles. The Bertz CT molecular complexity index is 553. The van der Waals surface area contributed by atoms with Crippen LogP contribution in [0.2, 0.25) is 0 Å². The lowest BCUT2D eigenvalue weighted by Crippen LogP contribution is -2.36. The normalized spacial score (nSPS) is 17.8. The number of hydrogen-bond donors (Lipinski definition) is 1. The van der Waals surface area contributed by atoms with Gasteiger partial charge in [0.25, 0.3) is 0 Å². The average molecular weight is 287 g/mol. The van der Waals surface area contributed by atoms with E-state index in [4.69, 9.17) is 0 Å². The minimum atomic E-state index is 0.419. The highest BCUT2D eigenvalue weighted by molar-refractivity contribution is 4.97. The molecule has 0 bridgehead atoms. The molecule has 2 aromatic rings. The minimum absolute atomic E-state index is 0.419. The lowest BCUT2D eigenvalue weighted by molar-refractivity contribution is 0.343. The van der Waals surface area contributed by atoms with Crippen molar-refractivity contribution < 1.29 is 0 Å². The summed E-state index contributed by atoms with van der Waals surface area (Å²) in [6, 6.07) is 2.46. The summed E-state index contributed by atoms with van der Waals surface area (Å²) in [5, 5.41) is 8.03. The monoisotopic (exact) mass is 287 g/mol. The SMILES string of the molecule is CCc1nccn1C[C@H](C)NCC1(Cn2cccn2)CC1. The third kappa shape index (κ3) is 3.53. The van der Waals surface area contributed by atoms with Crippen molar-refractivity contribution in [1.82, 2.24) is 24.6 Å². The van der Waals surface area contributed by atoms with Gasteiger partial charge in [-0.1, -0.05) is 6.92 Å². The lowest BCUT2D eigenvalue weighted by Gasteiger charge is -2.21. The van der Waals surface area contributed by atoms with Crippen molar-refractivity contribution in [2.45, 2.75) is 52.2 Å². The van der Waals surface area contributed by atoms with Gasteiger partial charge >= 0.3 is 0 Å². The van der Waals surface area contributed by atoms with E-state index in [1.54, 1.807) is 0 Å². The van der Waals surface area contributed by atoms with Crippen molar-refractivity contribution in [2.24, 2.45) is 5.41 Å². The van der Waals surface area contributed by atoms with Gasteiger partial charge < -0.3 is 9.88 Å². The summed E-state index contributed by atoms with van der Waals surface area (Å²) in [5.41, 5.74) is 0.419. The third-order valence-corrected chi connectivity index (χ3v) is 4.43. The molecule has 3 rings (SSSR count). The number of aromatic nitrogens is 4. The standard InChI is InChI=1S/C16H25N5/c1-3-15-17-8-10-20(15)11-14(2)18-12-16(5-6-16)13-21-9-4-7-19-21/h4,7-10,14,18H,3,5-6,11-13H2,1-2H3/t14-/m0/s1. The van der Waals surface area contributed by atoms with Crippen LogP contribution in [0.4, 0.5) is 0 Å². The minimum Gasteiger partial charge on any atom is -0.333 e. The van der Waals surface area contributed by atoms with E-state index in [2.05, 4.69) is 50.9 Å². The molecule has 0 saturated heterocycles. The van der Waals surface area contributed by atoms with E-state index in [0.717, 1.165) is 26.1 Å². The Labute approximate surface area is 126 Å². The molecule has 0 radical (unpaired) electrons. The number of aryl methyl sites for hydroxylation is 1. The van der Waals surface area contributed by atoms with Crippen molar-refractivity contribution >= 4 is 0 Å². The number of imidazole rings is 1. The molecule has 1 aliphatic rings. The molecule has 5 heteroatoms. The summed E-state index contributed by atoms with van der Waals surface area (Å²) in [5.74, 6) is 1.17. The zero-order valence-electron chi connectivity index (χ0n) is 13.0. The van der Waals surface area contributed by atoms with Crippen molar-refractivity contribution in [3.8, 4) is 0 Å². The fraction of sp³-hybridized carbons (Fsp3) is 0.625. The van der Waals surface area contributed by atoms with Crippen LogP contribution in [-0.2, 0) is 19.5 Å². The highest BCUT2D eigenvalue weighted by atomic mass is 15.3. The second-order valence-electron chi connectivity index (χ2n) is 6.33. The maximum absolute atomic E-state index is 4.38. The summed E-state index contributed by atoms with van der Waals surface area (Å²) in [6.07, 6.45) is 11.5. The summed E-state index contributed by atoms with van der Waals surface area (Å²) in [7, 11) is 0. The van der Waals surface area contributed by atoms with Crippen molar-refractivity contribution in [3.05, 3.63) is 36.7 Å². The average Bonchev–Trinajstić information content (AvgIpc) is 2.89. The highest BCUT2D eigenvalue weighted by Crippen LogP contribution is 2.46. The summed E-state index contributed by atoms with van der Waals surface area (Å²) in [6.45, 7) is 7.50. The van der Waals surface area contributed by atoms with Crippen LogP contribution in [0.1, 0.15) is 32.5 Å². The van der Waals surface area contributed by atoms with Gasteiger partial charge in [-0.2, -0.15) is 5.10 Å². The van der Waals surface area contributed by atoms with E-state index in [0.29, 0.717) is 11.5 Å². The van der Waals surface area contributed by atoms with Gasteiger partial charge in [-0.25, -0.2) is 4.98 Å². The van der Waals surface area contributed by atoms with Gasteiger partial charge in [0.1, 0.15) is 5.82 Å². The molecule has 1 aliphatic carbocycles. The fourth-order valence-corrected chi connectivity index (χ4v) is 2.88. The zero-order chi connectivity index (χ0) is 14.7. The van der Waals surface area contributed by atoms with E-state index < -0.39 is 0 Å². The van der Waals surface area contributed by atoms with E-state index in [1.165, 1.54) is 18.7 Å². The van der Waals surface area contributed by atoms with E-state index in [9.17, 15) is 0 Å². The predicted octanol–water partition coefficient (Wildman–Crippen LogP) is 2.10. The number of hydrogen-bond acceptors (Lipinski definition) is 3. The van der Waals surface area contributed by atoms with E-state index >= 15 is 0 Å². The first-order valence-corrected chi connectivity index (χ1v) is 7.92. The molecule has 5 nitrogen and oxygen atoms in total. The zero-order valence-corrected chi connectivity index (χ0v) is 13.0. The molecule has 21 heavy (non-hydrogen) atoms. The van der Waals surface area contributed by atoms with Gasteiger partial charge in [0, 0.05) is 62.3 Å². The molecule has 2 aromatic heterocycles. The van der Waals surface area contributed by atoms with Gasteiger partial charge in [0.2, 0.25) is 0 Å². The van der Waals surface area contributed by atoms with Crippen LogP contribution in [0.3, 0.4) is 0 Å². The molecule has 114 valence electrons. The molecule has 0 unspecified atom stereocenters. The second-order valence-corrected chi connectivity index (χ2v) is 6.33. The predicted molar refractivity (Wildman–Crippen MR) is 83.0 cm³/mol. The van der Waals surface area contributed by atoms with Crippen LogP contribution in [-0.4, -0.2) is 31.9 Å². The number of rotatable bonds is 8. The summed E-state index contributed by atoms with van der Waals surface area (Å²) < 4.78 is 4.31. The van der Waals surface area contributed by atoms with Gasteiger partial charge in [-0.05, 0) is 25.8 Å². The Balaban J connectivity index is 1.48. The van der Waals surface area contributed by atoms with Crippen LogP contribution in [0.5, 0.6) is 0 Å². The topological polar surface area (TPSA) is 47.7 Å². The first-order valence-electron chi connectivity index (χ1n) is 7.92. The maximum atomic E-state index is 4.38. The van der Waals surface area contributed by atoms with Crippen molar-refractivity contribution in [1.29, 1.82) is 0 Å². The first kappa shape index (κ1) is 14.3. The third-order valence-electron chi connectivity index (χ3n) is 4.43. The number of nitrogens with one attached hydrogen (secondary N) is 1. The molecule has 1 N–H and O–H groups in total. The molecule has 0 aromatic carbocycles. The van der Waals surface area contributed by atoms with E-state index in [1.807, 2.05) is 18.5 Å². The molecule has 1 fully saturated rings. The Morgan fingerprint density at radius 2 is 2.19 bits per heavy atom. The Kier molecular flexibility index (Phi) is 4.10. The smallest absolute Gasteiger partial charge is 0.108 e. The Morgan fingerprint density at radius 1 is 1.33 bits per heavy atom. The molecule has 0 aliphatic heterocycles. The van der Waals surface area contributed by atoms with Crippen LogP contribution in [0, 0.1) is 5.41 Å². The fourth-order valence-electron chi connectivity index (χ4n) is 2.88. The summed E-state index contributed by atoms with van der Waals surface area (Å²) >= 11 is 0. The van der Waals surface area contributed by atoms with Gasteiger partial charge in [-0.3, -0.25) is 4.68 Å². The van der Waals surface area contributed by atoms with Gasteiger partial charge in [0.05, 0.1) is 0 Å². The van der Waals surface area contributed by atoms with Gasteiger partial charge in [0.15, 0.2) is 0 Å². The van der Waals surface area contributed by atoms with Gasteiger partial charge in [-0.15, -0.1) is 0 Å². The van der Waals surface area contributed by atoms with Crippen LogP contribution in [0.15, 0.2) is 30.9 Å².